The van der Waals surface area contributed by atoms with Crippen molar-refractivity contribution in [1.82, 2.24) is 5.32 Å². The fourth-order valence-electron chi connectivity index (χ4n) is 1.62. The molecule has 1 rings (SSSR count). The zero-order valence-electron chi connectivity index (χ0n) is 12.6. The lowest BCUT2D eigenvalue weighted by Crippen LogP contribution is -2.31. The van der Waals surface area contributed by atoms with Gasteiger partial charge in [-0.25, -0.2) is 0 Å². The molecule has 0 amide bonds. The molecule has 0 aliphatic heterocycles. The molecule has 0 atom stereocenters. The maximum Gasteiger partial charge on any atom is 0.195 e. The predicted molar refractivity (Wildman–Crippen MR) is 83.7 cm³/mol. The van der Waals surface area contributed by atoms with Crippen LogP contribution in [0.25, 0.3) is 0 Å². The lowest BCUT2D eigenvalue weighted by molar-refractivity contribution is 0.172. The molecule has 20 heavy (non-hydrogen) atoms. The first-order valence-corrected chi connectivity index (χ1v) is 6.99. The van der Waals surface area contributed by atoms with E-state index in [1.165, 1.54) is 0 Å². The van der Waals surface area contributed by atoms with Gasteiger partial charge in [-0.15, -0.1) is 0 Å². The largest absolute Gasteiger partial charge is 0.493 e. The molecule has 0 fully saturated rings. The lowest BCUT2D eigenvalue weighted by atomic mass is 10.3. The highest BCUT2D eigenvalue weighted by Crippen LogP contribution is 2.17. The molecule has 112 valence electrons. The van der Waals surface area contributed by atoms with Crippen LogP contribution in [0.1, 0.15) is 19.8 Å². The summed E-state index contributed by atoms with van der Waals surface area (Å²) in [5, 5.41) is 6.47. The van der Waals surface area contributed by atoms with E-state index in [0.717, 1.165) is 36.8 Å². The number of benzene rings is 1. The summed E-state index contributed by atoms with van der Waals surface area (Å²) in [7, 11) is 3.45. The average Bonchev–Trinajstić information content (AvgIpc) is 2.48. The van der Waals surface area contributed by atoms with Crippen LogP contribution in [-0.2, 0) is 4.74 Å². The molecule has 0 bridgehead atoms. The van der Waals surface area contributed by atoms with Gasteiger partial charge in [0.2, 0.25) is 0 Å². The van der Waals surface area contributed by atoms with Crippen molar-refractivity contribution in [3.8, 4) is 5.75 Å². The summed E-state index contributed by atoms with van der Waals surface area (Å²) in [6, 6.07) is 7.85. The zero-order valence-corrected chi connectivity index (χ0v) is 12.6. The molecule has 0 heterocycles. The highest BCUT2D eigenvalue weighted by molar-refractivity contribution is 5.93. The highest BCUT2D eigenvalue weighted by atomic mass is 16.5. The Morgan fingerprint density at radius 2 is 2.15 bits per heavy atom. The molecule has 0 unspecified atom stereocenters. The molecule has 0 saturated heterocycles. The van der Waals surface area contributed by atoms with Gasteiger partial charge in [-0.1, -0.05) is 13.0 Å². The van der Waals surface area contributed by atoms with Crippen LogP contribution in [0.2, 0.25) is 0 Å². The van der Waals surface area contributed by atoms with Crippen molar-refractivity contribution in [2.45, 2.75) is 19.8 Å². The van der Waals surface area contributed by atoms with E-state index in [0.29, 0.717) is 13.2 Å². The standard InChI is InChI=1S/C15H25N3O2/c1-4-9-17-15(16-2)18-13-7-5-8-14(12-13)20-11-6-10-19-3/h5,7-8,12H,4,6,9-11H2,1-3H3,(H2,16,17,18). The first-order chi connectivity index (χ1) is 9.80. The summed E-state index contributed by atoms with van der Waals surface area (Å²) in [5.74, 6) is 1.61. The van der Waals surface area contributed by atoms with E-state index < -0.39 is 0 Å². The summed E-state index contributed by atoms with van der Waals surface area (Å²) >= 11 is 0. The molecule has 0 aromatic heterocycles. The number of hydrogen-bond acceptors (Lipinski definition) is 3. The maximum atomic E-state index is 5.66. The topological polar surface area (TPSA) is 54.9 Å². The van der Waals surface area contributed by atoms with E-state index >= 15 is 0 Å². The first kappa shape index (κ1) is 16.3. The molecular formula is C15H25N3O2. The van der Waals surface area contributed by atoms with Gasteiger partial charge >= 0.3 is 0 Å². The summed E-state index contributed by atoms with van der Waals surface area (Å²) in [4.78, 5) is 4.17. The van der Waals surface area contributed by atoms with Gasteiger partial charge in [0.15, 0.2) is 5.96 Å². The number of nitrogens with one attached hydrogen (secondary N) is 2. The van der Waals surface area contributed by atoms with Crippen LogP contribution in [-0.4, -0.2) is 39.9 Å². The monoisotopic (exact) mass is 279 g/mol. The van der Waals surface area contributed by atoms with Gasteiger partial charge in [0.25, 0.3) is 0 Å². The quantitative estimate of drug-likeness (QED) is 0.436. The lowest BCUT2D eigenvalue weighted by Gasteiger charge is -2.12. The minimum absolute atomic E-state index is 0.653. The Morgan fingerprint density at radius 1 is 1.30 bits per heavy atom. The number of aliphatic imine (C=N–C) groups is 1. The van der Waals surface area contributed by atoms with E-state index in [9.17, 15) is 0 Å². The van der Waals surface area contributed by atoms with Crippen molar-refractivity contribution in [2.75, 3.05) is 39.2 Å². The second kappa shape index (κ2) is 10.1. The fraction of sp³-hybridized carbons (Fsp3) is 0.533. The van der Waals surface area contributed by atoms with Crippen molar-refractivity contribution in [3.05, 3.63) is 24.3 Å². The summed E-state index contributed by atoms with van der Waals surface area (Å²) < 4.78 is 10.7. The van der Waals surface area contributed by atoms with Crippen molar-refractivity contribution in [1.29, 1.82) is 0 Å². The van der Waals surface area contributed by atoms with Crippen molar-refractivity contribution < 1.29 is 9.47 Å². The normalized spacial score (nSPS) is 11.2. The van der Waals surface area contributed by atoms with Crippen molar-refractivity contribution >= 4 is 11.6 Å². The average molecular weight is 279 g/mol. The molecule has 0 spiro atoms. The fourth-order valence-corrected chi connectivity index (χ4v) is 1.62. The molecule has 0 radical (unpaired) electrons. The Kier molecular flexibility index (Phi) is 8.22. The summed E-state index contributed by atoms with van der Waals surface area (Å²) in [5.41, 5.74) is 0.957. The number of nitrogens with zero attached hydrogens (tertiary/aromatic N) is 1. The van der Waals surface area contributed by atoms with Crippen molar-refractivity contribution in [3.63, 3.8) is 0 Å². The number of anilines is 1. The van der Waals surface area contributed by atoms with Crippen LogP contribution in [0.4, 0.5) is 5.69 Å². The summed E-state index contributed by atoms with van der Waals surface area (Å²) in [6.45, 7) is 4.38. The minimum atomic E-state index is 0.653. The number of methoxy groups -OCH3 is 1. The van der Waals surface area contributed by atoms with Gasteiger partial charge in [0, 0.05) is 45.5 Å². The molecule has 0 aliphatic rings. The van der Waals surface area contributed by atoms with Crippen LogP contribution in [0, 0.1) is 0 Å². The van der Waals surface area contributed by atoms with Gasteiger partial charge in [0.1, 0.15) is 5.75 Å². The molecule has 0 saturated carbocycles. The Bertz CT molecular complexity index is 408. The highest BCUT2D eigenvalue weighted by Gasteiger charge is 2.00. The Balaban J connectivity index is 2.49. The molecule has 5 nitrogen and oxygen atoms in total. The van der Waals surface area contributed by atoms with Gasteiger partial charge in [-0.3, -0.25) is 4.99 Å². The molecule has 0 aliphatic carbocycles. The van der Waals surface area contributed by atoms with E-state index in [1.54, 1.807) is 14.2 Å². The van der Waals surface area contributed by atoms with Gasteiger partial charge in [0.05, 0.1) is 6.61 Å². The Labute approximate surface area is 121 Å². The molecule has 1 aromatic rings. The number of hydrogen-bond donors (Lipinski definition) is 2. The minimum Gasteiger partial charge on any atom is -0.493 e. The number of ether oxygens (including phenoxy) is 2. The second-order valence-corrected chi connectivity index (χ2v) is 4.35. The Morgan fingerprint density at radius 3 is 2.85 bits per heavy atom. The van der Waals surface area contributed by atoms with E-state index in [-0.39, 0.29) is 0 Å². The first-order valence-electron chi connectivity index (χ1n) is 6.99. The third kappa shape index (κ3) is 6.43. The van der Waals surface area contributed by atoms with Gasteiger partial charge in [-0.05, 0) is 18.6 Å². The van der Waals surface area contributed by atoms with E-state index in [2.05, 4.69) is 22.5 Å². The van der Waals surface area contributed by atoms with Crippen LogP contribution >= 0.6 is 0 Å². The maximum absolute atomic E-state index is 5.66. The van der Waals surface area contributed by atoms with Crippen LogP contribution in [0.3, 0.4) is 0 Å². The number of rotatable bonds is 8. The molecule has 2 N–H and O–H groups in total. The number of guanidine groups is 1. The summed E-state index contributed by atoms with van der Waals surface area (Å²) in [6.07, 6.45) is 1.94. The molecular weight excluding hydrogens is 254 g/mol. The third-order valence-corrected chi connectivity index (χ3v) is 2.62. The smallest absolute Gasteiger partial charge is 0.195 e. The third-order valence-electron chi connectivity index (χ3n) is 2.62. The molecule has 1 aromatic carbocycles. The van der Waals surface area contributed by atoms with Gasteiger partial charge in [-0.2, -0.15) is 0 Å². The van der Waals surface area contributed by atoms with Crippen molar-refractivity contribution in [2.24, 2.45) is 4.99 Å². The molecule has 5 heteroatoms. The van der Waals surface area contributed by atoms with Crippen LogP contribution in [0.15, 0.2) is 29.3 Å². The van der Waals surface area contributed by atoms with E-state index in [1.807, 2.05) is 24.3 Å². The second-order valence-electron chi connectivity index (χ2n) is 4.35. The van der Waals surface area contributed by atoms with E-state index in [4.69, 9.17) is 9.47 Å². The predicted octanol–water partition coefficient (Wildman–Crippen LogP) is 2.50. The van der Waals surface area contributed by atoms with Crippen LogP contribution < -0.4 is 15.4 Å². The SMILES string of the molecule is CCCNC(=NC)Nc1cccc(OCCCOC)c1. The van der Waals surface area contributed by atoms with Crippen LogP contribution in [0.5, 0.6) is 5.75 Å². The Hall–Kier alpha value is -1.75. The zero-order chi connectivity index (χ0) is 14.6. The van der Waals surface area contributed by atoms with Gasteiger partial charge < -0.3 is 20.1 Å².